The van der Waals surface area contributed by atoms with Crippen LogP contribution in [0.15, 0.2) is 6.07 Å². The molecule has 0 radical (unpaired) electrons. The van der Waals surface area contributed by atoms with Crippen LogP contribution in [0.3, 0.4) is 0 Å². The molecule has 0 aliphatic heterocycles. The van der Waals surface area contributed by atoms with Crippen LogP contribution in [-0.4, -0.2) is 24.8 Å². The Hall–Kier alpha value is -1.83. The lowest BCUT2D eigenvalue weighted by molar-refractivity contribution is 0.0524. The first kappa shape index (κ1) is 18.2. The number of nitrogens with one attached hydrogen (secondary N) is 1. The highest BCUT2D eigenvalue weighted by Gasteiger charge is 2.24. The van der Waals surface area contributed by atoms with Crippen molar-refractivity contribution in [3.8, 4) is 0 Å². The van der Waals surface area contributed by atoms with Gasteiger partial charge in [-0.15, -0.1) is 0 Å². The van der Waals surface area contributed by atoms with Crippen molar-refractivity contribution < 1.29 is 27.1 Å². The van der Waals surface area contributed by atoms with E-state index in [4.69, 9.17) is 10.5 Å². The van der Waals surface area contributed by atoms with Crippen molar-refractivity contribution in [2.45, 2.75) is 32.3 Å². The van der Waals surface area contributed by atoms with Crippen LogP contribution in [0, 0.1) is 23.3 Å². The molecule has 1 amide bonds. The van der Waals surface area contributed by atoms with Crippen LogP contribution in [0.1, 0.15) is 32.3 Å². The molecule has 1 aromatic carbocycles. The van der Waals surface area contributed by atoms with Crippen LogP contribution in [-0.2, 0) is 4.74 Å². The summed E-state index contributed by atoms with van der Waals surface area (Å²) in [6.45, 7) is 4.52. The van der Waals surface area contributed by atoms with E-state index in [1.54, 1.807) is 20.8 Å². The summed E-state index contributed by atoms with van der Waals surface area (Å²) in [7, 11) is 0. The van der Waals surface area contributed by atoms with Gasteiger partial charge in [0.1, 0.15) is 5.60 Å². The van der Waals surface area contributed by atoms with Crippen molar-refractivity contribution in [1.82, 2.24) is 5.32 Å². The first-order chi connectivity index (χ1) is 10.1. The topological polar surface area (TPSA) is 64.3 Å². The highest BCUT2D eigenvalue weighted by molar-refractivity contribution is 5.67. The zero-order valence-electron chi connectivity index (χ0n) is 12.5. The number of nitrogens with two attached hydrogens (primary N) is 1. The van der Waals surface area contributed by atoms with Crippen LogP contribution in [0.25, 0.3) is 0 Å². The minimum absolute atomic E-state index is 0.211. The minimum Gasteiger partial charge on any atom is -0.444 e. The summed E-state index contributed by atoms with van der Waals surface area (Å²) >= 11 is 0. The van der Waals surface area contributed by atoms with E-state index in [9.17, 15) is 22.4 Å². The molecule has 0 aliphatic rings. The monoisotopic (exact) mass is 322 g/mol. The van der Waals surface area contributed by atoms with Gasteiger partial charge in [0.05, 0.1) is 0 Å². The Morgan fingerprint density at radius 1 is 1.23 bits per heavy atom. The molecular formula is C14H18F4N2O2. The van der Waals surface area contributed by atoms with E-state index in [2.05, 4.69) is 5.32 Å². The zero-order chi connectivity index (χ0) is 17.1. The molecule has 0 aliphatic carbocycles. The summed E-state index contributed by atoms with van der Waals surface area (Å²) < 4.78 is 58.0. The second-order valence-corrected chi connectivity index (χ2v) is 5.70. The summed E-state index contributed by atoms with van der Waals surface area (Å²) in [5.74, 6) is -7.79. The van der Waals surface area contributed by atoms with Gasteiger partial charge in [0.2, 0.25) is 0 Å². The normalized spacial score (nSPS) is 12.9. The van der Waals surface area contributed by atoms with E-state index in [0.717, 1.165) is 0 Å². The van der Waals surface area contributed by atoms with Gasteiger partial charge in [-0.05, 0) is 26.8 Å². The van der Waals surface area contributed by atoms with Crippen molar-refractivity contribution in [1.29, 1.82) is 0 Å². The predicted octanol–water partition coefficient (Wildman–Crippen LogP) is 2.81. The Morgan fingerprint density at radius 3 is 2.32 bits per heavy atom. The zero-order valence-corrected chi connectivity index (χ0v) is 12.5. The summed E-state index contributed by atoms with van der Waals surface area (Å²) in [6.07, 6.45) is -0.783. The Kier molecular flexibility index (Phi) is 5.76. The standard InChI is InChI=1S/C14H18F4N2O2/c1-14(2,3)22-13(21)20-6-7(5-19)8-4-9(15)11(17)12(18)10(8)16/h4,7H,5-6,19H2,1-3H3,(H,20,21). The predicted molar refractivity (Wildman–Crippen MR) is 72.3 cm³/mol. The minimum atomic E-state index is -1.91. The molecule has 0 fully saturated rings. The molecule has 22 heavy (non-hydrogen) atoms. The maximum Gasteiger partial charge on any atom is 0.407 e. The largest absolute Gasteiger partial charge is 0.444 e. The van der Waals surface area contributed by atoms with E-state index < -0.39 is 46.4 Å². The fourth-order valence-electron chi connectivity index (χ4n) is 1.73. The van der Waals surface area contributed by atoms with E-state index >= 15 is 0 Å². The van der Waals surface area contributed by atoms with Crippen LogP contribution < -0.4 is 11.1 Å². The van der Waals surface area contributed by atoms with Crippen molar-refractivity contribution in [2.24, 2.45) is 5.73 Å². The number of rotatable bonds is 4. The highest BCUT2D eigenvalue weighted by atomic mass is 19.2. The average molecular weight is 322 g/mol. The third-order valence-corrected chi connectivity index (χ3v) is 2.75. The number of alkyl carbamates (subject to hydrolysis) is 1. The summed E-state index contributed by atoms with van der Waals surface area (Å²) in [5, 5.41) is 2.32. The van der Waals surface area contributed by atoms with Gasteiger partial charge in [0, 0.05) is 24.6 Å². The number of carbonyl (C=O) groups is 1. The quantitative estimate of drug-likeness (QED) is 0.509. The molecule has 0 heterocycles. The smallest absolute Gasteiger partial charge is 0.407 e. The molecule has 1 rings (SSSR count). The SMILES string of the molecule is CC(C)(C)OC(=O)NCC(CN)c1cc(F)c(F)c(F)c1F. The second kappa shape index (κ2) is 6.95. The summed E-state index contributed by atoms with van der Waals surface area (Å²) in [5.41, 5.74) is 4.24. The Bertz CT molecular complexity index is 559. The van der Waals surface area contributed by atoms with Crippen molar-refractivity contribution in [3.63, 3.8) is 0 Å². The second-order valence-electron chi connectivity index (χ2n) is 5.70. The number of halogens is 4. The van der Waals surface area contributed by atoms with Crippen LogP contribution in [0.2, 0.25) is 0 Å². The maximum atomic E-state index is 13.7. The lowest BCUT2D eigenvalue weighted by Gasteiger charge is -2.22. The molecule has 3 N–H and O–H groups in total. The van der Waals surface area contributed by atoms with Gasteiger partial charge < -0.3 is 15.8 Å². The van der Waals surface area contributed by atoms with Gasteiger partial charge in [0.15, 0.2) is 23.3 Å². The summed E-state index contributed by atoms with van der Waals surface area (Å²) in [6, 6.07) is 0.530. The molecule has 0 bridgehead atoms. The van der Waals surface area contributed by atoms with Crippen molar-refractivity contribution in [3.05, 3.63) is 34.9 Å². The van der Waals surface area contributed by atoms with E-state index in [1.807, 2.05) is 0 Å². The molecule has 1 aromatic rings. The first-order valence-electron chi connectivity index (χ1n) is 6.56. The molecule has 1 unspecified atom stereocenters. The Balaban J connectivity index is 2.88. The number of benzene rings is 1. The van der Waals surface area contributed by atoms with Crippen molar-refractivity contribution in [2.75, 3.05) is 13.1 Å². The molecule has 4 nitrogen and oxygen atoms in total. The van der Waals surface area contributed by atoms with Gasteiger partial charge in [0.25, 0.3) is 0 Å². The average Bonchev–Trinajstić information content (AvgIpc) is 2.40. The fraction of sp³-hybridized carbons (Fsp3) is 0.500. The number of hydrogen-bond donors (Lipinski definition) is 2. The van der Waals surface area contributed by atoms with E-state index in [-0.39, 0.29) is 13.1 Å². The van der Waals surface area contributed by atoms with Gasteiger partial charge in [-0.3, -0.25) is 0 Å². The van der Waals surface area contributed by atoms with Gasteiger partial charge in [-0.25, -0.2) is 22.4 Å². The Labute approximate surface area is 125 Å². The maximum absolute atomic E-state index is 13.7. The van der Waals surface area contributed by atoms with Crippen LogP contribution >= 0.6 is 0 Å². The van der Waals surface area contributed by atoms with E-state index in [0.29, 0.717) is 6.07 Å². The van der Waals surface area contributed by atoms with E-state index in [1.165, 1.54) is 0 Å². The van der Waals surface area contributed by atoms with Crippen LogP contribution in [0.5, 0.6) is 0 Å². The molecule has 124 valence electrons. The number of ether oxygens (including phenoxy) is 1. The molecular weight excluding hydrogens is 304 g/mol. The van der Waals surface area contributed by atoms with Gasteiger partial charge in [-0.2, -0.15) is 0 Å². The lowest BCUT2D eigenvalue weighted by Crippen LogP contribution is -2.36. The molecule has 0 aromatic heterocycles. The molecule has 0 saturated heterocycles. The molecule has 1 atom stereocenters. The molecule has 0 spiro atoms. The van der Waals surface area contributed by atoms with Gasteiger partial charge >= 0.3 is 6.09 Å². The number of amides is 1. The van der Waals surface area contributed by atoms with Crippen molar-refractivity contribution >= 4 is 6.09 Å². The third kappa shape index (κ3) is 4.59. The summed E-state index contributed by atoms with van der Waals surface area (Å²) in [4.78, 5) is 11.5. The number of hydrogen-bond acceptors (Lipinski definition) is 3. The molecule has 0 saturated carbocycles. The van der Waals surface area contributed by atoms with Crippen LogP contribution in [0.4, 0.5) is 22.4 Å². The number of carbonyl (C=O) groups excluding carboxylic acids is 1. The van der Waals surface area contributed by atoms with Gasteiger partial charge in [-0.1, -0.05) is 0 Å². The highest BCUT2D eigenvalue weighted by Crippen LogP contribution is 2.24. The lowest BCUT2D eigenvalue weighted by atomic mass is 9.98. The third-order valence-electron chi connectivity index (χ3n) is 2.75. The Morgan fingerprint density at radius 2 is 1.82 bits per heavy atom. The first-order valence-corrected chi connectivity index (χ1v) is 6.56. The molecule has 8 heteroatoms. The fourth-order valence-corrected chi connectivity index (χ4v) is 1.73.